The van der Waals surface area contributed by atoms with Gasteiger partial charge in [-0.15, -0.1) is 24.0 Å². The van der Waals surface area contributed by atoms with E-state index in [2.05, 4.69) is 31.6 Å². The number of guanidine groups is 1. The lowest BCUT2D eigenvalue weighted by molar-refractivity contribution is 0.410. The number of aryl methyl sites for hydroxylation is 1. The van der Waals surface area contributed by atoms with Gasteiger partial charge in [0, 0.05) is 30.2 Å². The quantitative estimate of drug-likeness (QED) is 0.209. The maximum Gasteiger partial charge on any atom is 0.191 e. The van der Waals surface area contributed by atoms with Crippen molar-refractivity contribution >= 4 is 45.9 Å². The number of phenolic OH excluding ortho intramolecular Hbond substituents is 1. The number of benzene rings is 2. The van der Waals surface area contributed by atoms with E-state index in [-0.39, 0.29) is 35.5 Å². The molecule has 3 N–H and O–H groups in total. The van der Waals surface area contributed by atoms with E-state index < -0.39 is 0 Å². The minimum absolute atomic E-state index is 0. The van der Waals surface area contributed by atoms with E-state index >= 15 is 0 Å². The first-order chi connectivity index (χ1) is 12.5. The predicted octanol–water partition coefficient (Wildman–Crippen LogP) is 4.22. The maximum absolute atomic E-state index is 13.8. The standard InChI is InChI=1S/C19H23BrFN3O2.HI/c1-22-19(24-12-14-10-16(26-2)7-8-18(14)25)23-9-3-4-13-5-6-15(20)11-17(13)21;/h5-8,10-11,25H,3-4,9,12H2,1-2H3,(H2,22,23,24);1H. The smallest absolute Gasteiger partial charge is 0.191 e. The highest BCUT2D eigenvalue weighted by Crippen LogP contribution is 2.22. The van der Waals surface area contributed by atoms with Crippen molar-refractivity contribution in [3.63, 3.8) is 0 Å². The normalized spacial score (nSPS) is 10.9. The zero-order chi connectivity index (χ0) is 18.9. The van der Waals surface area contributed by atoms with Crippen molar-refractivity contribution in [1.29, 1.82) is 0 Å². The first-order valence-electron chi connectivity index (χ1n) is 8.28. The first-order valence-corrected chi connectivity index (χ1v) is 9.07. The van der Waals surface area contributed by atoms with Gasteiger partial charge in [0.25, 0.3) is 0 Å². The second-order valence-electron chi connectivity index (χ2n) is 5.69. The van der Waals surface area contributed by atoms with Crippen LogP contribution in [0.5, 0.6) is 11.5 Å². The minimum Gasteiger partial charge on any atom is -0.508 e. The molecule has 0 aliphatic heterocycles. The zero-order valence-electron chi connectivity index (χ0n) is 15.3. The Kier molecular flexibility index (Phi) is 10.5. The van der Waals surface area contributed by atoms with Gasteiger partial charge in [0.1, 0.15) is 17.3 Å². The molecule has 0 atom stereocenters. The molecule has 0 unspecified atom stereocenters. The van der Waals surface area contributed by atoms with Crippen molar-refractivity contribution in [3.05, 3.63) is 57.8 Å². The highest BCUT2D eigenvalue weighted by atomic mass is 127. The van der Waals surface area contributed by atoms with Gasteiger partial charge in [-0.3, -0.25) is 4.99 Å². The number of nitrogens with one attached hydrogen (secondary N) is 2. The molecule has 0 radical (unpaired) electrons. The summed E-state index contributed by atoms with van der Waals surface area (Å²) in [5.74, 6) is 1.29. The topological polar surface area (TPSA) is 65.9 Å². The van der Waals surface area contributed by atoms with E-state index in [0.29, 0.717) is 42.3 Å². The summed E-state index contributed by atoms with van der Waals surface area (Å²) in [5, 5.41) is 16.2. The summed E-state index contributed by atoms with van der Waals surface area (Å²) in [6, 6.07) is 10.2. The average molecular weight is 552 g/mol. The number of aromatic hydroxyl groups is 1. The van der Waals surface area contributed by atoms with E-state index in [9.17, 15) is 9.50 Å². The van der Waals surface area contributed by atoms with Crippen LogP contribution in [0.4, 0.5) is 4.39 Å². The Morgan fingerprint density at radius 3 is 2.63 bits per heavy atom. The third-order valence-electron chi connectivity index (χ3n) is 3.89. The van der Waals surface area contributed by atoms with Crippen molar-refractivity contribution < 1.29 is 14.2 Å². The number of hydrogen-bond acceptors (Lipinski definition) is 3. The molecule has 0 spiro atoms. The van der Waals surface area contributed by atoms with Crippen LogP contribution < -0.4 is 15.4 Å². The fraction of sp³-hybridized carbons (Fsp3) is 0.316. The van der Waals surface area contributed by atoms with Gasteiger partial charge >= 0.3 is 0 Å². The Labute approximate surface area is 184 Å². The van der Waals surface area contributed by atoms with Crippen LogP contribution in [0.15, 0.2) is 45.9 Å². The molecule has 0 bridgehead atoms. The van der Waals surface area contributed by atoms with Gasteiger partial charge in [-0.05, 0) is 48.7 Å². The lowest BCUT2D eigenvalue weighted by Gasteiger charge is -2.13. The highest BCUT2D eigenvalue weighted by Gasteiger charge is 2.06. The zero-order valence-corrected chi connectivity index (χ0v) is 19.2. The van der Waals surface area contributed by atoms with E-state index in [1.807, 2.05) is 6.07 Å². The average Bonchev–Trinajstić information content (AvgIpc) is 2.63. The van der Waals surface area contributed by atoms with Crippen LogP contribution in [0.25, 0.3) is 0 Å². The van der Waals surface area contributed by atoms with Crippen LogP contribution in [0.2, 0.25) is 0 Å². The van der Waals surface area contributed by atoms with Crippen LogP contribution in [-0.4, -0.2) is 31.8 Å². The van der Waals surface area contributed by atoms with Gasteiger partial charge in [0.2, 0.25) is 0 Å². The highest BCUT2D eigenvalue weighted by molar-refractivity contribution is 14.0. The van der Waals surface area contributed by atoms with Crippen molar-refractivity contribution in [2.24, 2.45) is 4.99 Å². The number of halogens is 3. The molecule has 148 valence electrons. The van der Waals surface area contributed by atoms with Crippen LogP contribution in [0.1, 0.15) is 17.5 Å². The Balaban J connectivity index is 0.00000364. The lowest BCUT2D eigenvalue weighted by atomic mass is 10.1. The van der Waals surface area contributed by atoms with Gasteiger partial charge in [0.15, 0.2) is 5.96 Å². The molecule has 0 amide bonds. The fourth-order valence-electron chi connectivity index (χ4n) is 2.44. The number of hydrogen-bond donors (Lipinski definition) is 3. The van der Waals surface area contributed by atoms with Crippen LogP contribution in [0.3, 0.4) is 0 Å². The van der Waals surface area contributed by atoms with Crippen LogP contribution in [-0.2, 0) is 13.0 Å². The summed E-state index contributed by atoms with van der Waals surface area (Å²) in [4.78, 5) is 4.15. The molecule has 0 aliphatic carbocycles. The van der Waals surface area contributed by atoms with Crippen LogP contribution in [0, 0.1) is 5.82 Å². The molecule has 8 heteroatoms. The first kappa shape index (κ1) is 23.5. The summed E-state index contributed by atoms with van der Waals surface area (Å²) >= 11 is 3.26. The molecule has 5 nitrogen and oxygen atoms in total. The second kappa shape index (κ2) is 12.0. The maximum atomic E-state index is 13.8. The Bertz CT molecular complexity index is 775. The third kappa shape index (κ3) is 7.53. The molecule has 0 saturated carbocycles. The molecule has 2 rings (SSSR count). The third-order valence-corrected chi connectivity index (χ3v) is 4.38. The Morgan fingerprint density at radius 1 is 1.19 bits per heavy atom. The number of phenols is 1. The molecule has 0 heterocycles. The summed E-state index contributed by atoms with van der Waals surface area (Å²) in [5.41, 5.74) is 1.41. The molecule has 27 heavy (non-hydrogen) atoms. The molecule has 2 aromatic rings. The molecule has 0 saturated heterocycles. The van der Waals surface area contributed by atoms with Gasteiger partial charge < -0.3 is 20.5 Å². The Morgan fingerprint density at radius 2 is 1.96 bits per heavy atom. The molecule has 2 aromatic carbocycles. The monoisotopic (exact) mass is 551 g/mol. The molecular weight excluding hydrogens is 528 g/mol. The molecular formula is C19H24BrFIN3O2. The van der Waals surface area contributed by atoms with E-state index in [1.165, 1.54) is 6.07 Å². The molecule has 0 fully saturated rings. The largest absolute Gasteiger partial charge is 0.508 e. The van der Waals surface area contributed by atoms with Gasteiger partial charge in [-0.25, -0.2) is 4.39 Å². The minimum atomic E-state index is -0.199. The Hall–Kier alpha value is -1.55. The number of aliphatic imine (C=N–C) groups is 1. The van der Waals surface area contributed by atoms with Crippen molar-refractivity contribution in [2.75, 3.05) is 20.7 Å². The van der Waals surface area contributed by atoms with E-state index in [1.54, 1.807) is 38.4 Å². The summed E-state index contributed by atoms with van der Waals surface area (Å²) in [7, 11) is 3.26. The van der Waals surface area contributed by atoms with Gasteiger partial charge in [-0.2, -0.15) is 0 Å². The fourth-order valence-corrected chi connectivity index (χ4v) is 2.77. The van der Waals surface area contributed by atoms with E-state index in [0.717, 1.165) is 10.9 Å². The SMILES string of the molecule is CN=C(NCCCc1ccc(Br)cc1F)NCc1cc(OC)ccc1O.I. The summed E-state index contributed by atoms with van der Waals surface area (Å²) in [6.07, 6.45) is 1.41. The summed E-state index contributed by atoms with van der Waals surface area (Å²) < 4.78 is 19.7. The van der Waals surface area contributed by atoms with Gasteiger partial charge in [-0.1, -0.05) is 22.0 Å². The van der Waals surface area contributed by atoms with Gasteiger partial charge in [0.05, 0.1) is 7.11 Å². The second-order valence-corrected chi connectivity index (χ2v) is 6.60. The molecule has 0 aromatic heterocycles. The number of nitrogens with zero attached hydrogens (tertiary/aromatic N) is 1. The number of ether oxygens (including phenoxy) is 1. The van der Waals surface area contributed by atoms with E-state index in [4.69, 9.17) is 4.74 Å². The van der Waals surface area contributed by atoms with Crippen molar-refractivity contribution in [3.8, 4) is 11.5 Å². The predicted molar refractivity (Wildman–Crippen MR) is 121 cm³/mol. The lowest BCUT2D eigenvalue weighted by Crippen LogP contribution is -2.37. The van der Waals surface area contributed by atoms with Crippen LogP contribution >= 0.6 is 39.9 Å². The van der Waals surface area contributed by atoms with Crippen molar-refractivity contribution in [2.45, 2.75) is 19.4 Å². The van der Waals surface area contributed by atoms with Crippen molar-refractivity contribution in [1.82, 2.24) is 10.6 Å². The molecule has 0 aliphatic rings. The number of rotatable bonds is 7. The number of methoxy groups -OCH3 is 1. The summed E-state index contributed by atoms with van der Waals surface area (Å²) in [6.45, 7) is 1.06.